The monoisotopic (exact) mass is 345 g/mol. The van der Waals surface area contributed by atoms with Gasteiger partial charge < -0.3 is 11.1 Å². The molecule has 0 spiro atoms. The lowest BCUT2D eigenvalue weighted by molar-refractivity contribution is -0.128. The number of pyridine rings is 1. The second-order valence-corrected chi connectivity index (χ2v) is 6.24. The molecule has 1 aromatic rings. The van der Waals surface area contributed by atoms with Gasteiger partial charge in [-0.2, -0.15) is 0 Å². The molecule has 3 rings (SSSR count). The van der Waals surface area contributed by atoms with E-state index < -0.39 is 0 Å². The molecule has 3 N–H and O–H groups in total. The zero-order valence-corrected chi connectivity index (χ0v) is 14.2. The minimum Gasteiger partial charge on any atom is -0.350 e. The first-order chi connectivity index (χ1) is 9.74. The molecule has 0 radical (unpaired) electrons. The number of rotatable bonds is 3. The highest BCUT2D eigenvalue weighted by molar-refractivity contribution is 5.85. The van der Waals surface area contributed by atoms with Gasteiger partial charge in [-0.15, -0.1) is 24.8 Å². The standard InChI is InChI=1S/C16H23N3O.2ClH/c17-15-11-4-3-5-12(15)9-13(8-11)16(20)19-10-14-6-1-2-7-18-14;;/h1-2,6-7,11-13,15H,3-5,8-10,17H2,(H,19,20);2*1H. The lowest BCUT2D eigenvalue weighted by Gasteiger charge is -2.43. The Labute approximate surface area is 144 Å². The Bertz CT molecular complexity index is 458. The fourth-order valence-electron chi connectivity index (χ4n) is 3.83. The highest BCUT2D eigenvalue weighted by atomic mass is 35.5. The Morgan fingerprint density at radius 2 is 1.91 bits per heavy atom. The van der Waals surface area contributed by atoms with Crippen LogP contribution in [0.2, 0.25) is 0 Å². The molecule has 4 nitrogen and oxygen atoms in total. The molecule has 6 heteroatoms. The van der Waals surface area contributed by atoms with Crippen LogP contribution >= 0.6 is 24.8 Å². The van der Waals surface area contributed by atoms with Crippen molar-refractivity contribution in [3.8, 4) is 0 Å². The number of aromatic nitrogens is 1. The second kappa shape index (κ2) is 8.70. The summed E-state index contributed by atoms with van der Waals surface area (Å²) in [5.74, 6) is 1.43. The van der Waals surface area contributed by atoms with Gasteiger partial charge in [0.1, 0.15) is 0 Å². The lowest BCUT2D eigenvalue weighted by Crippen LogP contribution is -2.49. The number of amides is 1. The van der Waals surface area contributed by atoms with Crippen LogP contribution in [0.1, 0.15) is 37.8 Å². The summed E-state index contributed by atoms with van der Waals surface area (Å²) in [7, 11) is 0. The number of hydrogen-bond acceptors (Lipinski definition) is 3. The molecule has 1 heterocycles. The zero-order chi connectivity index (χ0) is 13.9. The first-order valence-corrected chi connectivity index (χ1v) is 7.67. The van der Waals surface area contributed by atoms with Crippen LogP contribution in [0, 0.1) is 17.8 Å². The Morgan fingerprint density at radius 1 is 1.23 bits per heavy atom. The van der Waals surface area contributed by atoms with Gasteiger partial charge in [-0.3, -0.25) is 9.78 Å². The van der Waals surface area contributed by atoms with Crippen LogP contribution in [0.5, 0.6) is 0 Å². The van der Waals surface area contributed by atoms with Gasteiger partial charge in [-0.1, -0.05) is 12.5 Å². The van der Waals surface area contributed by atoms with E-state index in [0.717, 1.165) is 18.5 Å². The van der Waals surface area contributed by atoms with Crippen molar-refractivity contribution in [3.63, 3.8) is 0 Å². The molecule has 22 heavy (non-hydrogen) atoms. The van der Waals surface area contributed by atoms with E-state index in [0.29, 0.717) is 24.4 Å². The van der Waals surface area contributed by atoms with Crippen molar-refractivity contribution in [2.75, 3.05) is 0 Å². The molecule has 2 fully saturated rings. The summed E-state index contributed by atoms with van der Waals surface area (Å²) in [5, 5.41) is 3.03. The Balaban J connectivity index is 0.00000121. The van der Waals surface area contributed by atoms with E-state index in [2.05, 4.69) is 10.3 Å². The van der Waals surface area contributed by atoms with E-state index in [4.69, 9.17) is 5.73 Å². The molecular weight excluding hydrogens is 321 g/mol. The molecule has 124 valence electrons. The number of hydrogen-bond donors (Lipinski definition) is 2. The summed E-state index contributed by atoms with van der Waals surface area (Å²) in [5.41, 5.74) is 7.18. The molecule has 2 unspecified atom stereocenters. The molecule has 2 bridgehead atoms. The molecule has 0 aliphatic heterocycles. The fraction of sp³-hybridized carbons (Fsp3) is 0.625. The van der Waals surface area contributed by atoms with E-state index in [9.17, 15) is 4.79 Å². The van der Waals surface area contributed by atoms with E-state index in [-0.39, 0.29) is 36.6 Å². The van der Waals surface area contributed by atoms with Crippen LogP contribution in [0.25, 0.3) is 0 Å². The predicted molar refractivity (Wildman–Crippen MR) is 92.1 cm³/mol. The van der Waals surface area contributed by atoms with Gasteiger partial charge in [-0.25, -0.2) is 0 Å². The number of carbonyl (C=O) groups excluding carboxylic acids is 1. The third kappa shape index (κ3) is 4.34. The Kier molecular flexibility index (Phi) is 7.60. The number of nitrogens with one attached hydrogen (secondary N) is 1. The highest BCUT2D eigenvalue weighted by Crippen LogP contribution is 2.41. The van der Waals surface area contributed by atoms with Gasteiger partial charge in [0.2, 0.25) is 5.91 Å². The van der Waals surface area contributed by atoms with Crippen LogP contribution in [-0.4, -0.2) is 16.9 Å². The molecule has 1 amide bonds. The first-order valence-electron chi connectivity index (χ1n) is 7.67. The average Bonchev–Trinajstić information content (AvgIpc) is 2.45. The maximum Gasteiger partial charge on any atom is 0.223 e. The summed E-state index contributed by atoms with van der Waals surface area (Å²) in [6.07, 6.45) is 7.36. The lowest BCUT2D eigenvalue weighted by atomic mass is 9.65. The Morgan fingerprint density at radius 3 is 2.50 bits per heavy atom. The van der Waals surface area contributed by atoms with Crippen molar-refractivity contribution in [1.82, 2.24) is 10.3 Å². The summed E-state index contributed by atoms with van der Waals surface area (Å²) in [6.45, 7) is 0.525. The first kappa shape index (κ1) is 19.2. The van der Waals surface area contributed by atoms with E-state index in [1.54, 1.807) is 6.20 Å². The van der Waals surface area contributed by atoms with Crippen molar-refractivity contribution in [1.29, 1.82) is 0 Å². The summed E-state index contributed by atoms with van der Waals surface area (Å²) < 4.78 is 0. The second-order valence-electron chi connectivity index (χ2n) is 6.24. The van der Waals surface area contributed by atoms with Gasteiger partial charge in [0.15, 0.2) is 0 Å². The molecule has 0 saturated heterocycles. The minimum atomic E-state index is 0. The van der Waals surface area contributed by atoms with Gasteiger partial charge in [-0.05, 0) is 49.7 Å². The smallest absolute Gasteiger partial charge is 0.223 e. The third-order valence-electron chi connectivity index (χ3n) is 4.95. The predicted octanol–water partition coefficient (Wildman–Crippen LogP) is 2.70. The van der Waals surface area contributed by atoms with Gasteiger partial charge in [0, 0.05) is 18.2 Å². The van der Waals surface area contributed by atoms with Gasteiger partial charge in [0.05, 0.1) is 12.2 Å². The van der Waals surface area contributed by atoms with E-state index >= 15 is 0 Å². The molecular formula is C16H25Cl2N3O. The van der Waals surface area contributed by atoms with Crippen LogP contribution in [0.15, 0.2) is 24.4 Å². The SMILES string of the molecule is Cl.Cl.NC1C2CCCC1CC(C(=O)NCc1ccccn1)C2. The average molecular weight is 346 g/mol. The number of nitrogens with zero attached hydrogens (tertiary/aromatic N) is 1. The van der Waals surface area contributed by atoms with E-state index in [1.165, 1.54) is 19.3 Å². The van der Waals surface area contributed by atoms with Crippen LogP contribution in [0.4, 0.5) is 0 Å². The zero-order valence-electron chi connectivity index (χ0n) is 12.6. The van der Waals surface area contributed by atoms with Crippen molar-refractivity contribution >= 4 is 30.7 Å². The molecule has 2 aliphatic carbocycles. The third-order valence-corrected chi connectivity index (χ3v) is 4.95. The maximum absolute atomic E-state index is 12.3. The highest BCUT2D eigenvalue weighted by Gasteiger charge is 2.40. The van der Waals surface area contributed by atoms with Crippen LogP contribution in [-0.2, 0) is 11.3 Å². The molecule has 2 aliphatic rings. The van der Waals surface area contributed by atoms with Gasteiger partial charge in [0.25, 0.3) is 0 Å². The number of fused-ring (bicyclic) bond motifs is 2. The number of nitrogens with two attached hydrogens (primary N) is 1. The van der Waals surface area contributed by atoms with Crippen LogP contribution < -0.4 is 11.1 Å². The maximum atomic E-state index is 12.3. The van der Waals surface area contributed by atoms with Crippen molar-refractivity contribution in [3.05, 3.63) is 30.1 Å². The minimum absolute atomic E-state index is 0. The summed E-state index contributed by atoms with van der Waals surface area (Å²) in [4.78, 5) is 16.6. The quantitative estimate of drug-likeness (QED) is 0.884. The van der Waals surface area contributed by atoms with Crippen LogP contribution in [0.3, 0.4) is 0 Å². The molecule has 0 aromatic carbocycles. The van der Waals surface area contributed by atoms with Crippen molar-refractivity contribution in [2.45, 2.75) is 44.7 Å². The van der Waals surface area contributed by atoms with Crippen molar-refractivity contribution in [2.24, 2.45) is 23.5 Å². The van der Waals surface area contributed by atoms with Gasteiger partial charge >= 0.3 is 0 Å². The molecule has 2 saturated carbocycles. The number of carbonyl (C=O) groups is 1. The van der Waals surface area contributed by atoms with E-state index in [1.807, 2.05) is 18.2 Å². The topological polar surface area (TPSA) is 68.0 Å². The molecule has 1 aromatic heterocycles. The Hall–Kier alpha value is -0.840. The largest absolute Gasteiger partial charge is 0.350 e. The van der Waals surface area contributed by atoms with Crippen molar-refractivity contribution < 1.29 is 4.79 Å². The molecule has 2 atom stereocenters. The summed E-state index contributed by atoms with van der Waals surface area (Å²) in [6, 6.07) is 6.09. The fourth-order valence-corrected chi connectivity index (χ4v) is 3.83. The normalized spacial score (nSPS) is 29.7. The summed E-state index contributed by atoms with van der Waals surface area (Å²) >= 11 is 0. The number of halogens is 2.